The second-order valence-corrected chi connectivity index (χ2v) is 10.6. The Kier molecular flexibility index (Phi) is 11.0. The first kappa shape index (κ1) is 26.9. The lowest BCUT2D eigenvalue weighted by molar-refractivity contribution is -0.112. The molecule has 8 heteroatoms. The van der Waals surface area contributed by atoms with Gasteiger partial charge in [0.25, 0.3) is 5.91 Å². The van der Waals surface area contributed by atoms with Crippen LogP contribution >= 0.6 is 12.4 Å². The van der Waals surface area contributed by atoms with E-state index in [0.717, 1.165) is 30.0 Å². The Morgan fingerprint density at radius 2 is 1.52 bits per heavy atom. The van der Waals surface area contributed by atoms with Crippen molar-refractivity contribution in [1.82, 2.24) is 0 Å². The lowest BCUT2D eigenvalue weighted by Gasteiger charge is -2.32. The lowest BCUT2D eigenvalue weighted by Crippen LogP contribution is -2.47. The largest absolute Gasteiger partial charge is 0.503 e. The SMILES string of the molecule is C=C(C)C(=O)Nc1ccc(N(CCC(C)[Si](OC)(OC)OC)c2ccccc2)cc1.Cl. The first-order chi connectivity index (χ1) is 14.4. The summed E-state index contributed by atoms with van der Waals surface area (Å²) < 4.78 is 16.9. The maximum absolute atomic E-state index is 11.9. The smallest absolute Gasteiger partial charge is 0.377 e. The molecular weight excluding hydrogens is 432 g/mol. The molecule has 1 N–H and O–H groups in total. The molecule has 0 aliphatic carbocycles. The number of nitrogens with one attached hydrogen (secondary N) is 1. The summed E-state index contributed by atoms with van der Waals surface area (Å²) in [7, 11) is 2.21. The minimum atomic E-state index is -2.71. The predicted molar refractivity (Wildman–Crippen MR) is 131 cm³/mol. The molecule has 2 rings (SSSR count). The number of halogens is 1. The summed E-state index contributed by atoms with van der Waals surface area (Å²) in [6.45, 7) is 8.21. The highest BCUT2D eigenvalue weighted by atomic mass is 35.5. The van der Waals surface area contributed by atoms with Gasteiger partial charge in [-0.25, -0.2) is 0 Å². The molecule has 6 nitrogen and oxygen atoms in total. The second-order valence-electron chi connectivity index (χ2n) is 7.17. The Morgan fingerprint density at radius 1 is 1.00 bits per heavy atom. The molecule has 31 heavy (non-hydrogen) atoms. The summed E-state index contributed by atoms with van der Waals surface area (Å²) >= 11 is 0. The fourth-order valence-electron chi connectivity index (χ4n) is 3.33. The number of carbonyl (C=O) groups is 1. The van der Waals surface area contributed by atoms with Gasteiger partial charge in [0.1, 0.15) is 0 Å². The fraction of sp³-hybridized carbons (Fsp3) is 0.348. The molecule has 0 saturated heterocycles. The monoisotopic (exact) mass is 464 g/mol. The van der Waals surface area contributed by atoms with Crippen molar-refractivity contribution >= 4 is 44.2 Å². The van der Waals surface area contributed by atoms with Crippen LogP contribution in [-0.4, -0.2) is 42.6 Å². The molecule has 0 spiro atoms. The number of amides is 1. The first-order valence-electron chi connectivity index (χ1n) is 9.91. The van der Waals surface area contributed by atoms with Gasteiger partial charge in [-0.1, -0.05) is 31.7 Å². The number of carbonyl (C=O) groups excluding carboxylic acids is 1. The summed E-state index contributed by atoms with van der Waals surface area (Å²) in [6, 6.07) is 18.0. The Labute approximate surface area is 193 Å². The van der Waals surface area contributed by atoms with Crippen molar-refractivity contribution in [2.75, 3.05) is 38.1 Å². The summed E-state index contributed by atoms with van der Waals surface area (Å²) in [4.78, 5) is 14.1. The third kappa shape index (κ3) is 6.92. The predicted octanol–water partition coefficient (Wildman–Crippen LogP) is 5.42. The van der Waals surface area contributed by atoms with Gasteiger partial charge in [-0.2, -0.15) is 0 Å². The molecule has 1 amide bonds. The molecule has 2 aromatic rings. The Balaban J connectivity index is 0.00000480. The van der Waals surface area contributed by atoms with Crippen LogP contribution in [0.1, 0.15) is 20.3 Å². The van der Waals surface area contributed by atoms with Crippen molar-refractivity contribution in [3.8, 4) is 0 Å². The quantitative estimate of drug-likeness (QED) is 0.355. The topological polar surface area (TPSA) is 60.0 Å². The van der Waals surface area contributed by atoms with Crippen molar-refractivity contribution in [1.29, 1.82) is 0 Å². The highest BCUT2D eigenvalue weighted by Crippen LogP contribution is 2.31. The van der Waals surface area contributed by atoms with Gasteiger partial charge in [-0.3, -0.25) is 4.79 Å². The fourth-order valence-corrected chi connectivity index (χ4v) is 5.52. The number of anilines is 3. The zero-order valence-electron chi connectivity index (χ0n) is 18.9. The third-order valence-corrected chi connectivity index (χ3v) is 8.34. The van der Waals surface area contributed by atoms with Gasteiger partial charge in [0.05, 0.1) is 0 Å². The molecule has 0 radical (unpaired) electrons. The van der Waals surface area contributed by atoms with Crippen LogP contribution in [0.3, 0.4) is 0 Å². The normalized spacial score (nSPS) is 11.9. The standard InChI is InChI=1S/C23H32N2O4Si.ClH/c1-18(2)23(26)24-20-12-14-22(15-13-20)25(21-10-8-7-9-11-21)17-16-19(3)30(27-4,28-5)29-6;/h7-15,19H,1,16-17H2,2-6H3,(H,24,26);1H. The van der Waals surface area contributed by atoms with Gasteiger partial charge >= 0.3 is 8.80 Å². The van der Waals surface area contributed by atoms with E-state index < -0.39 is 8.80 Å². The van der Waals surface area contributed by atoms with Crippen molar-refractivity contribution in [2.24, 2.45) is 0 Å². The first-order valence-corrected chi connectivity index (χ1v) is 11.7. The number of nitrogens with zero attached hydrogens (tertiary/aromatic N) is 1. The Morgan fingerprint density at radius 3 is 2.00 bits per heavy atom. The number of para-hydroxylation sites is 1. The Hall–Kier alpha value is -2.16. The average Bonchev–Trinajstić information content (AvgIpc) is 2.77. The molecule has 0 heterocycles. The summed E-state index contributed by atoms with van der Waals surface area (Å²) in [6.07, 6.45) is 0.824. The van der Waals surface area contributed by atoms with Crippen molar-refractivity contribution in [3.05, 3.63) is 66.7 Å². The van der Waals surface area contributed by atoms with E-state index in [1.165, 1.54) is 0 Å². The van der Waals surface area contributed by atoms with Gasteiger partial charge in [0.15, 0.2) is 0 Å². The van der Waals surface area contributed by atoms with Crippen molar-refractivity contribution in [3.63, 3.8) is 0 Å². The minimum Gasteiger partial charge on any atom is -0.377 e. The molecule has 1 unspecified atom stereocenters. The molecule has 1 atom stereocenters. The van der Waals surface area contributed by atoms with E-state index >= 15 is 0 Å². The lowest BCUT2D eigenvalue weighted by atomic mass is 10.2. The van der Waals surface area contributed by atoms with Gasteiger partial charge in [0.2, 0.25) is 0 Å². The number of benzene rings is 2. The maximum atomic E-state index is 11.9. The van der Waals surface area contributed by atoms with Gasteiger partial charge < -0.3 is 23.5 Å². The molecule has 0 aliphatic heterocycles. The molecule has 2 aromatic carbocycles. The van der Waals surface area contributed by atoms with E-state index in [1.807, 2.05) is 42.5 Å². The van der Waals surface area contributed by atoms with Gasteiger partial charge in [-0.15, -0.1) is 12.4 Å². The van der Waals surface area contributed by atoms with Crippen molar-refractivity contribution < 1.29 is 18.1 Å². The molecule has 0 aliphatic rings. The maximum Gasteiger partial charge on any atom is 0.503 e. The zero-order valence-corrected chi connectivity index (χ0v) is 20.7. The van der Waals surface area contributed by atoms with E-state index in [9.17, 15) is 4.79 Å². The molecule has 0 bridgehead atoms. The molecule has 170 valence electrons. The Bertz CT molecular complexity index is 821. The minimum absolute atomic E-state index is 0. The van der Waals surface area contributed by atoms with Gasteiger partial charge in [0, 0.05) is 56.1 Å². The highest BCUT2D eigenvalue weighted by molar-refractivity contribution is 6.62. The van der Waals surface area contributed by atoms with E-state index in [1.54, 1.807) is 28.3 Å². The number of hydrogen-bond acceptors (Lipinski definition) is 5. The summed E-state index contributed by atoms with van der Waals surface area (Å²) in [5.74, 6) is -0.184. The van der Waals surface area contributed by atoms with Gasteiger partial charge in [-0.05, 0) is 49.7 Å². The molecule has 0 saturated carbocycles. The van der Waals surface area contributed by atoms with Crippen LogP contribution in [0.15, 0.2) is 66.7 Å². The van der Waals surface area contributed by atoms with Crippen LogP contribution in [0, 0.1) is 0 Å². The van der Waals surface area contributed by atoms with Crippen LogP contribution < -0.4 is 10.2 Å². The second kappa shape index (κ2) is 12.6. The zero-order chi connectivity index (χ0) is 22.1. The van der Waals surface area contributed by atoms with Crippen LogP contribution in [0.5, 0.6) is 0 Å². The summed E-state index contributed by atoms with van der Waals surface area (Å²) in [5.41, 5.74) is 3.45. The average molecular weight is 465 g/mol. The molecule has 0 fully saturated rings. The number of rotatable bonds is 11. The highest BCUT2D eigenvalue weighted by Gasteiger charge is 2.44. The van der Waals surface area contributed by atoms with Crippen LogP contribution in [0.25, 0.3) is 0 Å². The van der Waals surface area contributed by atoms with Crippen molar-refractivity contribution in [2.45, 2.75) is 25.8 Å². The third-order valence-electron chi connectivity index (χ3n) is 5.14. The van der Waals surface area contributed by atoms with E-state index in [-0.39, 0.29) is 23.9 Å². The van der Waals surface area contributed by atoms with Crippen LogP contribution in [0.4, 0.5) is 17.1 Å². The van der Waals surface area contributed by atoms with E-state index in [0.29, 0.717) is 5.57 Å². The summed E-state index contributed by atoms with van der Waals surface area (Å²) in [5, 5.41) is 2.84. The van der Waals surface area contributed by atoms with E-state index in [2.05, 4.69) is 35.9 Å². The molecule has 0 aromatic heterocycles. The van der Waals surface area contributed by atoms with Crippen LogP contribution in [-0.2, 0) is 18.1 Å². The number of hydrogen-bond donors (Lipinski definition) is 1. The van der Waals surface area contributed by atoms with Crippen LogP contribution in [0.2, 0.25) is 5.54 Å². The van der Waals surface area contributed by atoms with E-state index in [4.69, 9.17) is 13.3 Å². The molecular formula is C23H33ClN2O4Si.